The molecule has 2 aromatic rings. The predicted molar refractivity (Wildman–Crippen MR) is 97.7 cm³/mol. The van der Waals surface area contributed by atoms with Crippen LogP contribution in [0.5, 0.6) is 0 Å². The van der Waals surface area contributed by atoms with E-state index in [9.17, 15) is 4.79 Å². The summed E-state index contributed by atoms with van der Waals surface area (Å²) in [5, 5.41) is 0. The summed E-state index contributed by atoms with van der Waals surface area (Å²) in [7, 11) is 0. The lowest BCUT2D eigenvalue weighted by Gasteiger charge is -2.55. The third kappa shape index (κ3) is 2.72. The highest BCUT2D eigenvalue weighted by molar-refractivity contribution is 5.84. The summed E-state index contributed by atoms with van der Waals surface area (Å²) in [5.41, 5.74) is 2.39. The number of Topliss-reactive ketones (excluding diaryl/α,β-unsaturated/α-hetero) is 1. The minimum absolute atomic E-state index is 0.00447. The van der Waals surface area contributed by atoms with Crippen molar-refractivity contribution in [3.05, 3.63) is 54.9 Å². The Labute approximate surface area is 149 Å². The topological polar surface area (TPSA) is 20.9 Å². The smallest absolute Gasteiger partial charge is 0.207 e. The van der Waals surface area contributed by atoms with Crippen molar-refractivity contribution >= 4 is 5.78 Å². The molecule has 2 heteroatoms. The number of carbonyl (C=O) groups excluding carboxylic acids is 1. The monoisotopic (exact) mass is 332 g/mol. The molecular formula is C23H26NO+. The average Bonchev–Trinajstić information content (AvgIpc) is 2.61. The van der Waals surface area contributed by atoms with E-state index < -0.39 is 0 Å². The Morgan fingerprint density at radius 1 is 0.880 bits per heavy atom. The Balaban J connectivity index is 1.38. The molecule has 0 N–H and O–H groups in total. The minimum Gasteiger partial charge on any atom is -0.292 e. The van der Waals surface area contributed by atoms with Gasteiger partial charge in [0.15, 0.2) is 12.4 Å². The van der Waals surface area contributed by atoms with Gasteiger partial charge in [-0.2, -0.15) is 4.57 Å². The molecule has 4 aliphatic carbocycles. The number of benzene rings is 1. The fourth-order valence-corrected chi connectivity index (χ4v) is 6.21. The van der Waals surface area contributed by atoms with Gasteiger partial charge in [-0.1, -0.05) is 30.3 Å². The zero-order valence-electron chi connectivity index (χ0n) is 14.7. The van der Waals surface area contributed by atoms with Gasteiger partial charge >= 0.3 is 0 Å². The maximum Gasteiger partial charge on any atom is 0.207 e. The van der Waals surface area contributed by atoms with Crippen LogP contribution in [-0.2, 0) is 11.3 Å². The highest BCUT2D eigenvalue weighted by atomic mass is 16.1. The summed E-state index contributed by atoms with van der Waals surface area (Å²) in [6, 6.07) is 14.6. The van der Waals surface area contributed by atoms with E-state index in [2.05, 4.69) is 47.2 Å². The normalized spacial score (nSPS) is 32.7. The van der Waals surface area contributed by atoms with Gasteiger partial charge in [0, 0.05) is 17.0 Å². The molecule has 0 amide bonds. The van der Waals surface area contributed by atoms with Gasteiger partial charge in [-0.15, -0.1) is 0 Å². The summed E-state index contributed by atoms with van der Waals surface area (Å²) in [4.78, 5) is 13.3. The number of carbonyl (C=O) groups is 1. The Kier molecular flexibility index (Phi) is 3.55. The third-order valence-corrected chi connectivity index (χ3v) is 6.92. The molecule has 25 heavy (non-hydrogen) atoms. The molecule has 0 atom stereocenters. The standard InChI is InChI=1S/C23H26NO/c25-22(23-12-17-9-18(13-23)11-19(10-17)14-23)16-24-8-4-7-21(15-24)20-5-2-1-3-6-20/h1-8,15,17-19H,9-14,16H2/q+1. The minimum atomic E-state index is 0.00447. The maximum atomic E-state index is 13.3. The number of rotatable bonds is 4. The number of pyridine rings is 1. The zero-order chi connectivity index (χ0) is 16.9. The molecule has 0 radical (unpaired) electrons. The van der Waals surface area contributed by atoms with Gasteiger partial charge in [0.25, 0.3) is 0 Å². The summed E-state index contributed by atoms with van der Waals surface area (Å²) in [6.07, 6.45) is 11.8. The van der Waals surface area contributed by atoms with E-state index in [1.165, 1.54) is 30.4 Å². The maximum absolute atomic E-state index is 13.3. The van der Waals surface area contributed by atoms with E-state index >= 15 is 0 Å². The van der Waals surface area contributed by atoms with Gasteiger partial charge in [0.05, 0.1) is 0 Å². The quantitative estimate of drug-likeness (QED) is 0.759. The molecule has 1 aromatic heterocycles. The van der Waals surface area contributed by atoms with Crippen molar-refractivity contribution in [2.75, 3.05) is 0 Å². The van der Waals surface area contributed by atoms with Crippen LogP contribution < -0.4 is 4.57 Å². The Bertz CT molecular complexity index is 759. The third-order valence-electron chi connectivity index (χ3n) is 6.92. The van der Waals surface area contributed by atoms with E-state index in [4.69, 9.17) is 0 Å². The SMILES string of the molecule is O=C(C[n+]1cccc(-c2ccccc2)c1)C12CC3CC(CC(C3)C1)C2. The van der Waals surface area contributed by atoms with Crippen LogP contribution in [0.1, 0.15) is 38.5 Å². The van der Waals surface area contributed by atoms with E-state index in [0.717, 1.165) is 37.0 Å². The number of aromatic nitrogens is 1. The van der Waals surface area contributed by atoms with Gasteiger partial charge < -0.3 is 0 Å². The second-order valence-electron chi connectivity index (χ2n) is 8.75. The molecule has 0 unspecified atom stereocenters. The van der Waals surface area contributed by atoms with Crippen molar-refractivity contribution in [2.24, 2.45) is 23.2 Å². The molecule has 4 bridgehead atoms. The molecule has 0 aliphatic heterocycles. The zero-order valence-corrected chi connectivity index (χ0v) is 14.7. The van der Waals surface area contributed by atoms with Crippen molar-refractivity contribution in [1.29, 1.82) is 0 Å². The Morgan fingerprint density at radius 2 is 1.48 bits per heavy atom. The lowest BCUT2D eigenvalue weighted by atomic mass is 9.48. The lowest BCUT2D eigenvalue weighted by Crippen LogP contribution is -2.53. The highest BCUT2D eigenvalue weighted by Gasteiger charge is 2.54. The number of ketones is 1. The molecule has 0 spiro atoms. The molecule has 4 saturated carbocycles. The van der Waals surface area contributed by atoms with Crippen molar-refractivity contribution < 1.29 is 9.36 Å². The fourth-order valence-electron chi connectivity index (χ4n) is 6.21. The molecule has 4 aliphatic rings. The summed E-state index contributed by atoms with van der Waals surface area (Å²) < 4.78 is 2.10. The van der Waals surface area contributed by atoms with Crippen LogP contribution in [0.25, 0.3) is 11.1 Å². The van der Waals surface area contributed by atoms with Crippen LogP contribution in [0.15, 0.2) is 54.9 Å². The second kappa shape index (κ2) is 5.79. The first-order chi connectivity index (χ1) is 12.2. The van der Waals surface area contributed by atoms with Crippen molar-refractivity contribution in [3.8, 4) is 11.1 Å². The number of hydrogen-bond donors (Lipinski definition) is 0. The number of hydrogen-bond acceptors (Lipinski definition) is 1. The predicted octanol–water partition coefficient (Wildman–Crippen LogP) is 4.43. The highest BCUT2D eigenvalue weighted by Crippen LogP contribution is 2.60. The van der Waals surface area contributed by atoms with Gasteiger partial charge in [-0.25, -0.2) is 0 Å². The summed E-state index contributed by atoms with van der Waals surface area (Å²) in [6.45, 7) is 0.535. The fraction of sp³-hybridized carbons (Fsp3) is 0.478. The molecule has 0 saturated heterocycles. The summed E-state index contributed by atoms with van der Waals surface area (Å²) >= 11 is 0. The van der Waals surface area contributed by atoms with E-state index in [1.54, 1.807) is 0 Å². The van der Waals surface area contributed by atoms with E-state index in [-0.39, 0.29) is 5.41 Å². The van der Waals surface area contributed by atoms with E-state index in [1.807, 2.05) is 12.3 Å². The molecule has 1 heterocycles. The first-order valence-corrected chi connectivity index (χ1v) is 9.78. The van der Waals surface area contributed by atoms with Crippen molar-refractivity contribution in [3.63, 3.8) is 0 Å². The first kappa shape index (κ1) is 15.3. The lowest BCUT2D eigenvalue weighted by molar-refractivity contribution is -0.684. The molecular weight excluding hydrogens is 306 g/mol. The molecule has 1 aromatic carbocycles. The molecule has 4 fully saturated rings. The van der Waals surface area contributed by atoms with Gasteiger partial charge in [0.1, 0.15) is 0 Å². The average molecular weight is 332 g/mol. The molecule has 2 nitrogen and oxygen atoms in total. The van der Waals surface area contributed by atoms with Gasteiger partial charge in [0.2, 0.25) is 12.3 Å². The Hall–Kier alpha value is -1.96. The van der Waals surface area contributed by atoms with Crippen LogP contribution in [0.2, 0.25) is 0 Å². The van der Waals surface area contributed by atoms with Crippen LogP contribution >= 0.6 is 0 Å². The molecule has 128 valence electrons. The van der Waals surface area contributed by atoms with Crippen LogP contribution in [0.3, 0.4) is 0 Å². The second-order valence-corrected chi connectivity index (χ2v) is 8.75. The van der Waals surface area contributed by atoms with Crippen LogP contribution in [0.4, 0.5) is 0 Å². The van der Waals surface area contributed by atoms with Crippen molar-refractivity contribution in [1.82, 2.24) is 0 Å². The molecule has 6 rings (SSSR count). The van der Waals surface area contributed by atoms with Crippen molar-refractivity contribution in [2.45, 2.75) is 45.1 Å². The van der Waals surface area contributed by atoms with Gasteiger partial charge in [-0.05, 0) is 67.9 Å². The van der Waals surface area contributed by atoms with Crippen LogP contribution in [0, 0.1) is 23.2 Å². The number of nitrogens with zero attached hydrogens (tertiary/aromatic N) is 1. The van der Waals surface area contributed by atoms with Crippen LogP contribution in [-0.4, -0.2) is 5.78 Å². The first-order valence-electron chi connectivity index (χ1n) is 9.78. The Morgan fingerprint density at radius 3 is 2.12 bits per heavy atom. The van der Waals surface area contributed by atoms with E-state index in [0.29, 0.717) is 12.3 Å². The largest absolute Gasteiger partial charge is 0.292 e. The van der Waals surface area contributed by atoms with Gasteiger partial charge in [-0.3, -0.25) is 4.79 Å². The summed E-state index contributed by atoms with van der Waals surface area (Å²) in [5.74, 6) is 2.98.